The second kappa shape index (κ2) is 9.76. The smallest absolute Gasteiger partial charge is 0.328 e. The van der Waals surface area contributed by atoms with Gasteiger partial charge in [-0.05, 0) is 36.6 Å². The monoisotopic (exact) mass is 390 g/mol. The Morgan fingerprint density at radius 1 is 1.32 bits per heavy atom. The highest BCUT2D eigenvalue weighted by molar-refractivity contribution is 7.98. The molecule has 0 radical (unpaired) electrons. The maximum absolute atomic E-state index is 12.4. The first-order valence-corrected chi connectivity index (χ1v) is 10.1. The summed E-state index contributed by atoms with van der Waals surface area (Å²) in [5.74, 6) is -0.452. The fourth-order valence-corrected chi connectivity index (χ4v) is 3.40. The number of methoxy groups -OCH3 is 1. The molecular weight excluding hydrogens is 368 g/mol. The molecule has 1 amide bonds. The number of ether oxygens (including phenoxy) is 1. The van der Waals surface area contributed by atoms with Crippen LogP contribution in [0.25, 0.3) is 0 Å². The molecule has 0 bridgehead atoms. The number of nitrogens with zero attached hydrogens (tertiary/aromatic N) is 1. The topological polar surface area (TPSA) is 102 Å². The Hall–Kier alpha value is -1.62. The molecule has 1 aromatic rings. The Morgan fingerprint density at radius 3 is 2.56 bits per heavy atom. The van der Waals surface area contributed by atoms with Crippen molar-refractivity contribution in [1.29, 1.82) is 0 Å². The van der Waals surface area contributed by atoms with E-state index in [1.54, 1.807) is 0 Å². The summed E-state index contributed by atoms with van der Waals surface area (Å²) in [5, 5.41) is 2.57. The Bertz CT molecular complexity index is 708. The van der Waals surface area contributed by atoms with Crippen LogP contribution in [0.4, 0.5) is 0 Å². The molecule has 10 heteroatoms. The zero-order chi connectivity index (χ0) is 19.0. The third kappa shape index (κ3) is 5.70. The Labute approximate surface area is 151 Å². The van der Waals surface area contributed by atoms with E-state index in [1.165, 1.54) is 57.3 Å². The van der Waals surface area contributed by atoms with Crippen LogP contribution in [0.2, 0.25) is 0 Å². The molecule has 0 aliphatic rings. The van der Waals surface area contributed by atoms with Gasteiger partial charge in [0, 0.05) is 12.6 Å². The summed E-state index contributed by atoms with van der Waals surface area (Å²) in [7, 11) is -0.157. The Morgan fingerprint density at radius 2 is 2.00 bits per heavy atom. The average Bonchev–Trinajstić information content (AvgIpc) is 2.63. The van der Waals surface area contributed by atoms with Crippen LogP contribution >= 0.6 is 11.8 Å². The SMILES string of the molecule is COC(=O)[C@@H](CCSC)NC(=O)c1cccc(S(=O)(=O)N(C)OC)c1. The molecule has 1 atom stereocenters. The quantitative estimate of drug-likeness (QED) is 0.493. The highest BCUT2D eigenvalue weighted by Crippen LogP contribution is 2.16. The molecule has 0 aliphatic heterocycles. The van der Waals surface area contributed by atoms with Crippen molar-refractivity contribution in [2.24, 2.45) is 0 Å². The summed E-state index contributed by atoms with van der Waals surface area (Å²) in [4.78, 5) is 28.8. The number of amides is 1. The molecular formula is C15H22N2O6S2. The normalized spacial score (nSPS) is 12.7. The van der Waals surface area contributed by atoms with Crippen LogP contribution in [-0.2, 0) is 24.4 Å². The molecule has 8 nitrogen and oxygen atoms in total. The largest absolute Gasteiger partial charge is 0.467 e. The molecule has 1 rings (SSSR count). The lowest BCUT2D eigenvalue weighted by molar-refractivity contribution is -0.142. The van der Waals surface area contributed by atoms with Gasteiger partial charge < -0.3 is 10.1 Å². The van der Waals surface area contributed by atoms with E-state index in [2.05, 4.69) is 10.1 Å². The molecule has 25 heavy (non-hydrogen) atoms. The van der Waals surface area contributed by atoms with Crippen molar-refractivity contribution >= 4 is 33.7 Å². The lowest BCUT2D eigenvalue weighted by Crippen LogP contribution is -2.42. The second-order valence-electron chi connectivity index (χ2n) is 4.96. The number of thioether (sulfide) groups is 1. The third-order valence-corrected chi connectivity index (χ3v) is 5.71. The van der Waals surface area contributed by atoms with Crippen LogP contribution in [0.1, 0.15) is 16.8 Å². The first-order chi connectivity index (χ1) is 11.8. The summed E-state index contributed by atoms with van der Waals surface area (Å²) in [5.41, 5.74) is 0.114. The van der Waals surface area contributed by atoms with E-state index in [1.807, 2.05) is 6.26 Å². The summed E-state index contributed by atoms with van der Waals surface area (Å²) in [6, 6.07) is 4.69. The minimum absolute atomic E-state index is 0.0942. The van der Waals surface area contributed by atoms with Gasteiger partial charge in [-0.25, -0.2) is 13.2 Å². The maximum atomic E-state index is 12.4. The molecule has 0 aliphatic carbocycles. The Balaban J connectivity index is 3.02. The van der Waals surface area contributed by atoms with Crippen LogP contribution in [0.5, 0.6) is 0 Å². The van der Waals surface area contributed by atoms with Gasteiger partial charge in [0.05, 0.1) is 19.1 Å². The summed E-state index contributed by atoms with van der Waals surface area (Å²) in [6.07, 6.45) is 2.29. The van der Waals surface area contributed by atoms with Gasteiger partial charge in [0.2, 0.25) is 0 Å². The molecule has 1 aromatic carbocycles. The van der Waals surface area contributed by atoms with Gasteiger partial charge in [0.15, 0.2) is 0 Å². The zero-order valence-electron chi connectivity index (χ0n) is 14.5. The predicted molar refractivity (Wildman–Crippen MR) is 94.7 cm³/mol. The first-order valence-electron chi connectivity index (χ1n) is 7.28. The van der Waals surface area contributed by atoms with Crippen molar-refractivity contribution in [2.45, 2.75) is 17.4 Å². The lowest BCUT2D eigenvalue weighted by atomic mass is 10.1. The van der Waals surface area contributed by atoms with Crippen LogP contribution in [0.3, 0.4) is 0 Å². The van der Waals surface area contributed by atoms with Gasteiger partial charge in [-0.3, -0.25) is 9.63 Å². The third-order valence-electron chi connectivity index (χ3n) is 3.39. The number of esters is 1. The second-order valence-corrected chi connectivity index (χ2v) is 7.88. The number of carbonyl (C=O) groups is 2. The standard InChI is InChI=1S/C15H22N2O6S2/c1-17(23-3)25(20,21)12-7-5-6-11(10-12)14(18)16-13(8-9-24-4)15(19)22-2/h5-7,10,13H,8-9H2,1-4H3,(H,16,18)/t13-/m1/s1. The minimum Gasteiger partial charge on any atom is -0.467 e. The molecule has 0 unspecified atom stereocenters. The Kier molecular flexibility index (Phi) is 8.36. The van der Waals surface area contributed by atoms with Gasteiger partial charge >= 0.3 is 5.97 Å². The number of carbonyl (C=O) groups excluding carboxylic acids is 2. The predicted octanol–water partition coefficient (Wildman–Crippen LogP) is 0.893. The number of rotatable bonds is 9. The van der Waals surface area contributed by atoms with Gasteiger partial charge in [-0.15, -0.1) is 0 Å². The van der Waals surface area contributed by atoms with Crippen LogP contribution in [0, 0.1) is 0 Å². The molecule has 0 saturated carbocycles. The van der Waals surface area contributed by atoms with Crippen molar-refractivity contribution < 1.29 is 27.6 Å². The van der Waals surface area contributed by atoms with Crippen molar-refractivity contribution in [1.82, 2.24) is 9.79 Å². The van der Waals surface area contributed by atoms with E-state index in [-0.39, 0.29) is 10.5 Å². The molecule has 0 fully saturated rings. The number of benzene rings is 1. The maximum Gasteiger partial charge on any atom is 0.328 e. The van der Waals surface area contributed by atoms with E-state index >= 15 is 0 Å². The van der Waals surface area contributed by atoms with E-state index in [0.29, 0.717) is 16.6 Å². The van der Waals surface area contributed by atoms with E-state index in [9.17, 15) is 18.0 Å². The number of hydroxylamine groups is 1. The van der Waals surface area contributed by atoms with Gasteiger partial charge in [0.1, 0.15) is 6.04 Å². The molecule has 0 saturated heterocycles. The first kappa shape index (κ1) is 21.4. The number of hydrogen-bond acceptors (Lipinski definition) is 7. The highest BCUT2D eigenvalue weighted by atomic mass is 32.2. The summed E-state index contributed by atoms with van der Waals surface area (Å²) in [6.45, 7) is 0. The molecule has 0 spiro atoms. The van der Waals surface area contributed by atoms with Crippen LogP contribution in [0.15, 0.2) is 29.2 Å². The molecule has 0 heterocycles. The zero-order valence-corrected chi connectivity index (χ0v) is 16.1. The molecule has 1 N–H and O–H groups in total. The van der Waals surface area contributed by atoms with Crippen LogP contribution < -0.4 is 5.32 Å². The molecule has 0 aromatic heterocycles. The van der Waals surface area contributed by atoms with Crippen LogP contribution in [-0.4, -0.2) is 64.1 Å². The van der Waals surface area contributed by atoms with Crippen molar-refractivity contribution in [3.63, 3.8) is 0 Å². The minimum atomic E-state index is -3.87. The van der Waals surface area contributed by atoms with E-state index in [0.717, 1.165) is 0 Å². The summed E-state index contributed by atoms with van der Waals surface area (Å²) < 4.78 is 29.9. The lowest BCUT2D eigenvalue weighted by Gasteiger charge is -2.17. The van der Waals surface area contributed by atoms with E-state index < -0.39 is 27.9 Å². The summed E-state index contributed by atoms with van der Waals surface area (Å²) >= 11 is 1.53. The van der Waals surface area contributed by atoms with Gasteiger partial charge in [-0.2, -0.15) is 11.8 Å². The van der Waals surface area contributed by atoms with Crippen molar-refractivity contribution in [3.05, 3.63) is 29.8 Å². The number of sulfonamides is 1. The fraction of sp³-hybridized carbons (Fsp3) is 0.467. The van der Waals surface area contributed by atoms with Crippen molar-refractivity contribution in [3.8, 4) is 0 Å². The molecule has 140 valence electrons. The van der Waals surface area contributed by atoms with Gasteiger partial charge in [-0.1, -0.05) is 10.5 Å². The average molecular weight is 390 g/mol. The number of nitrogens with one attached hydrogen (secondary N) is 1. The van der Waals surface area contributed by atoms with Crippen molar-refractivity contribution in [2.75, 3.05) is 33.3 Å². The van der Waals surface area contributed by atoms with E-state index in [4.69, 9.17) is 4.84 Å². The highest BCUT2D eigenvalue weighted by Gasteiger charge is 2.24. The van der Waals surface area contributed by atoms with Gasteiger partial charge in [0.25, 0.3) is 15.9 Å². The fourth-order valence-electron chi connectivity index (χ4n) is 1.91. The number of hydrogen-bond donors (Lipinski definition) is 1.